The Bertz CT molecular complexity index is 545. The van der Waals surface area contributed by atoms with Gasteiger partial charge in [-0.3, -0.25) is 9.59 Å². The van der Waals surface area contributed by atoms with E-state index in [1.54, 1.807) is 0 Å². The summed E-state index contributed by atoms with van der Waals surface area (Å²) < 4.78 is 27.0. The van der Waals surface area contributed by atoms with E-state index in [1.165, 1.54) is 0 Å². The summed E-state index contributed by atoms with van der Waals surface area (Å²) in [6.07, 6.45) is 0.977. The SMILES string of the molecule is O=C(O)C1CCC(C(=O)c2cc(F)c(Br)cc2F)C1. The number of Topliss-reactive ketones (excluding diaryl/α,β-unsaturated/α-hetero) is 1. The van der Waals surface area contributed by atoms with Crippen molar-refractivity contribution < 1.29 is 23.5 Å². The molecule has 0 aromatic heterocycles. The zero-order valence-corrected chi connectivity index (χ0v) is 11.4. The third-order valence-electron chi connectivity index (χ3n) is 3.43. The molecule has 3 nitrogen and oxygen atoms in total. The molecule has 102 valence electrons. The number of carboxylic acids is 1. The van der Waals surface area contributed by atoms with Crippen LogP contribution in [0.15, 0.2) is 16.6 Å². The fraction of sp³-hybridized carbons (Fsp3) is 0.385. The van der Waals surface area contributed by atoms with Crippen molar-refractivity contribution in [2.75, 3.05) is 0 Å². The molecule has 1 fully saturated rings. The van der Waals surface area contributed by atoms with Gasteiger partial charge in [-0.05, 0) is 47.3 Å². The van der Waals surface area contributed by atoms with Crippen LogP contribution in [-0.4, -0.2) is 16.9 Å². The molecule has 19 heavy (non-hydrogen) atoms. The van der Waals surface area contributed by atoms with Crippen molar-refractivity contribution in [1.29, 1.82) is 0 Å². The number of ketones is 1. The normalized spacial score (nSPS) is 22.5. The average Bonchev–Trinajstić information content (AvgIpc) is 2.82. The Balaban J connectivity index is 2.22. The highest BCUT2D eigenvalue weighted by atomic mass is 79.9. The molecule has 1 N–H and O–H groups in total. The Kier molecular flexibility index (Phi) is 3.99. The summed E-state index contributed by atoms with van der Waals surface area (Å²) in [7, 11) is 0. The summed E-state index contributed by atoms with van der Waals surface area (Å²) in [5, 5.41) is 8.87. The lowest BCUT2D eigenvalue weighted by Crippen LogP contribution is -2.16. The first-order valence-electron chi connectivity index (χ1n) is 5.81. The maximum atomic E-state index is 13.7. The lowest BCUT2D eigenvalue weighted by atomic mass is 9.94. The van der Waals surface area contributed by atoms with Crippen LogP contribution in [0.5, 0.6) is 0 Å². The Morgan fingerprint density at radius 2 is 1.79 bits per heavy atom. The van der Waals surface area contributed by atoms with E-state index < -0.39 is 35.2 Å². The number of carbonyl (C=O) groups excluding carboxylic acids is 1. The van der Waals surface area contributed by atoms with Crippen LogP contribution in [0.1, 0.15) is 29.6 Å². The predicted octanol–water partition coefficient (Wildman–Crippen LogP) is 3.41. The quantitative estimate of drug-likeness (QED) is 0.681. The maximum Gasteiger partial charge on any atom is 0.306 e. The van der Waals surface area contributed by atoms with Gasteiger partial charge in [0.25, 0.3) is 0 Å². The molecular formula is C13H11BrF2O3. The number of hydrogen-bond acceptors (Lipinski definition) is 2. The molecule has 0 spiro atoms. The Morgan fingerprint density at radius 1 is 1.16 bits per heavy atom. The van der Waals surface area contributed by atoms with Gasteiger partial charge >= 0.3 is 5.97 Å². The molecule has 1 aromatic rings. The van der Waals surface area contributed by atoms with Crippen LogP contribution in [0, 0.1) is 23.5 Å². The summed E-state index contributed by atoms with van der Waals surface area (Å²) in [5.74, 6) is -4.09. The number of aliphatic carboxylic acids is 1. The van der Waals surface area contributed by atoms with Crippen LogP contribution in [0.3, 0.4) is 0 Å². The molecule has 0 radical (unpaired) electrons. The van der Waals surface area contributed by atoms with Crippen LogP contribution in [-0.2, 0) is 4.79 Å². The number of carboxylic acid groups (broad SMARTS) is 1. The second kappa shape index (κ2) is 5.36. The molecule has 2 unspecified atom stereocenters. The first kappa shape index (κ1) is 14.1. The zero-order chi connectivity index (χ0) is 14.2. The highest BCUT2D eigenvalue weighted by molar-refractivity contribution is 9.10. The third kappa shape index (κ3) is 2.83. The first-order valence-corrected chi connectivity index (χ1v) is 6.61. The van der Waals surface area contributed by atoms with Gasteiger partial charge in [0.15, 0.2) is 5.78 Å². The van der Waals surface area contributed by atoms with E-state index in [1.807, 2.05) is 0 Å². The number of hydrogen-bond donors (Lipinski definition) is 1. The fourth-order valence-electron chi connectivity index (χ4n) is 2.38. The van der Waals surface area contributed by atoms with E-state index in [0.29, 0.717) is 12.8 Å². The van der Waals surface area contributed by atoms with Gasteiger partial charge in [-0.2, -0.15) is 0 Å². The minimum absolute atomic E-state index is 0.0450. The fourth-order valence-corrected chi connectivity index (χ4v) is 2.69. The summed E-state index contributed by atoms with van der Waals surface area (Å²) in [6, 6.07) is 1.77. The monoisotopic (exact) mass is 332 g/mol. The van der Waals surface area contributed by atoms with Crippen LogP contribution in [0.4, 0.5) is 8.78 Å². The number of rotatable bonds is 3. The molecule has 2 rings (SSSR count). The second-order valence-corrected chi connectivity index (χ2v) is 5.51. The van der Waals surface area contributed by atoms with E-state index in [0.717, 1.165) is 12.1 Å². The molecule has 0 bridgehead atoms. The molecule has 6 heteroatoms. The first-order chi connectivity index (χ1) is 8.90. The van der Waals surface area contributed by atoms with Gasteiger partial charge in [0.05, 0.1) is 16.0 Å². The van der Waals surface area contributed by atoms with Crippen LogP contribution < -0.4 is 0 Å². The molecule has 1 aliphatic rings. The van der Waals surface area contributed by atoms with Gasteiger partial charge in [-0.1, -0.05) is 0 Å². The largest absolute Gasteiger partial charge is 0.481 e. The lowest BCUT2D eigenvalue weighted by molar-refractivity contribution is -0.141. The van der Waals surface area contributed by atoms with Crippen molar-refractivity contribution >= 4 is 27.7 Å². The number of carbonyl (C=O) groups is 2. The summed E-state index contributed by atoms with van der Waals surface area (Å²) >= 11 is 2.84. The summed E-state index contributed by atoms with van der Waals surface area (Å²) in [6.45, 7) is 0. The van der Waals surface area contributed by atoms with Crippen molar-refractivity contribution in [2.45, 2.75) is 19.3 Å². The molecule has 1 saturated carbocycles. The second-order valence-electron chi connectivity index (χ2n) is 4.66. The van der Waals surface area contributed by atoms with Crippen molar-refractivity contribution in [3.63, 3.8) is 0 Å². The van der Waals surface area contributed by atoms with Gasteiger partial charge in [-0.25, -0.2) is 8.78 Å². The Hall–Kier alpha value is -1.30. The Morgan fingerprint density at radius 3 is 2.37 bits per heavy atom. The van der Waals surface area contributed by atoms with Crippen molar-refractivity contribution in [3.05, 3.63) is 33.8 Å². The lowest BCUT2D eigenvalue weighted by Gasteiger charge is -2.10. The van der Waals surface area contributed by atoms with Crippen LogP contribution in [0.25, 0.3) is 0 Å². The molecule has 0 amide bonds. The van der Waals surface area contributed by atoms with Gasteiger partial charge in [0, 0.05) is 5.92 Å². The maximum absolute atomic E-state index is 13.7. The zero-order valence-electron chi connectivity index (χ0n) is 9.83. The van der Waals surface area contributed by atoms with E-state index in [2.05, 4.69) is 15.9 Å². The average molecular weight is 333 g/mol. The minimum atomic E-state index is -0.947. The molecular weight excluding hydrogens is 322 g/mol. The van der Waals surface area contributed by atoms with E-state index >= 15 is 0 Å². The topological polar surface area (TPSA) is 54.4 Å². The molecule has 0 saturated heterocycles. The van der Waals surface area contributed by atoms with Gasteiger partial charge in [0.1, 0.15) is 11.6 Å². The predicted molar refractivity (Wildman–Crippen MR) is 66.9 cm³/mol. The van der Waals surface area contributed by atoms with E-state index in [9.17, 15) is 18.4 Å². The summed E-state index contributed by atoms with van der Waals surface area (Å²) in [4.78, 5) is 22.9. The molecule has 1 aromatic carbocycles. The molecule has 0 heterocycles. The third-order valence-corrected chi connectivity index (χ3v) is 4.04. The van der Waals surface area contributed by atoms with Crippen molar-refractivity contribution in [2.24, 2.45) is 11.8 Å². The van der Waals surface area contributed by atoms with Crippen molar-refractivity contribution in [1.82, 2.24) is 0 Å². The number of halogens is 3. The van der Waals surface area contributed by atoms with Gasteiger partial charge in [-0.15, -0.1) is 0 Å². The Labute approximate surface area is 116 Å². The molecule has 1 aliphatic carbocycles. The number of benzene rings is 1. The van der Waals surface area contributed by atoms with Gasteiger partial charge < -0.3 is 5.11 Å². The van der Waals surface area contributed by atoms with Crippen LogP contribution in [0.2, 0.25) is 0 Å². The standard InChI is InChI=1S/C13H11BrF2O3/c14-9-5-10(15)8(4-11(9)16)12(17)6-1-2-7(3-6)13(18)19/h4-7H,1-3H2,(H,18,19). The van der Waals surface area contributed by atoms with Crippen LogP contribution >= 0.6 is 15.9 Å². The summed E-state index contributed by atoms with van der Waals surface area (Å²) in [5.41, 5.74) is -0.309. The van der Waals surface area contributed by atoms with Gasteiger partial charge in [0.2, 0.25) is 0 Å². The molecule has 0 aliphatic heterocycles. The smallest absolute Gasteiger partial charge is 0.306 e. The highest BCUT2D eigenvalue weighted by Crippen LogP contribution is 2.34. The van der Waals surface area contributed by atoms with E-state index in [-0.39, 0.29) is 16.5 Å². The minimum Gasteiger partial charge on any atom is -0.481 e. The van der Waals surface area contributed by atoms with Crippen molar-refractivity contribution in [3.8, 4) is 0 Å². The van der Waals surface area contributed by atoms with E-state index in [4.69, 9.17) is 5.11 Å². The highest BCUT2D eigenvalue weighted by Gasteiger charge is 2.35. The molecule has 2 atom stereocenters.